The molecule has 1 aromatic carbocycles. The van der Waals surface area contributed by atoms with Crippen molar-refractivity contribution in [2.45, 2.75) is 37.1 Å². The average molecular weight is 313 g/mol. The molecule has 0 aliphatic heterocycles. The molecule has 8 heteroatoms. The molecule has 1 fully saturated rings. The minimum atomic E-state index is -3.86. The summed E-state index contributed by atoms with van der Waals surface area (Å²) in [7, 11) is -2.37. The lowest BCUT2D eigenvalue weighted by molar-refractivity contribution is -0.387. The van der Waals surface area contributed by atoms with E-state index in [1.165, 1.54) is 29.6 Å². The van der Waals surface area contributed by atoms with Gasteiger partial charge in [0.1, 0.15) is 0 Å². The van der Waals surface area contributed by atoms with Crippen LogP contribution in [0.2, 0.25) is 0 Å². The molecule has 0 spiro atoms. The molecule has 0 saturated heterocycles. The topological polar surface area (TPSA) is 92.5 Å². The quantitative estimate of drug-likeness (QED) is 0.642. The number of rotatable bonds is 6. The molecule has 0 amide bonds. The summed E-state index contributed by atoms with van der Waals surface area (Å²) in [5, 5.41) is 14.1. The minimum absolute atomic E-state index is 0.0580. The van der Waals surface area contributed by atoms with Gasteiger partial charge < -0.3 is 5.32 Å². The van der Waals surface area contributed by atoms with Gasteiger partial charge in [0.05, 0.1) is 4.92 Å². The summed E-state index contributed by atoms with van der Waals surface area (Å²) in [6.45, 7) is 2.48. The standard InChI is InChI=1S/C13H19N3O4S/c1-3-14-10-7-8-12(16(17)18)13(9-10)21(19,20)15(2)11-5-4-6-11/h7-9,11,14H,3-6H2,1-2H3. The fraction of sp³-hybridized carbons (Fsp3) is 0.538. The van der Waals surface area contributed by atoms with Gasteiger partial charge in [-0.25, -0.2) is 8.42 Å². The van der Waals surface area contributed by atoms with Crippen molar-refractivity contribution in [1.29, 1.82) is 0 Å². The molecule has 21 heavy (non-hydrogen) atoms. The Bertz CT molecular complexity index is 641. The Hall–Kier alpha value is -1.67. The highest BCUT2D eigenvalue weighted by molar-refractivity contribution is 7.89. The first-order valence-corrected chi connectivity index (χ1v) is 8.32. The first kappa shape index (κ1) is 15.7. The van der Waals surface area contributed by atoms with Gasteiger partial charge in [-0.05, 0) is 31.9 Å². The molecule has 0 radical (unpaired) electrons. The van der Waals surface area contributed by atoms with E-state index in [4.69, 9.17) is 0 Å². The van der Waals surface area contributed by atoms with Crippen molar-refractivity contribution in [2.75, 3.05) is 18.9 Å². The lowest BCUT2D eigenvalue weighted by Gasteiger charge is -2.33. The fourth-order valence-corrected chi connectivity index (χ4v) is 3.88. The third kappa shape index (κ3) is 3.01. The lowest BCUT2D eigenvalue weighted by atomic mass is 9.94. The zero-order chi connectivity index (χ0) is 15.6. The summed E-state index contributed by atoms with van der Waals surface area (Å²) in [4.78, 5) is 10.2. The Labute approximate surface area is 124 Å². The van der Waals surface area contributed by atoms with E-state index >= 15 is 0 Å². The van der Waals surface area contributed by atoms with Crippen LogP contribution in [0, 0.1) is 10.1 Å². The number of anilines is 1. The maximum absolute atomic E-state index is 12.6. The zero-order valence-electron chi connectivity index (χ0n) is 12.1. The summed E-state index contributed by atoms with van der Waals surface area (Å²) in [6.07, 6.45) is 2.59. The van der Waals surface area contributed by atoms with Crippen LogP contribution in [-0.2, 0) is 10.0 Å². The van der Waals surface area contributed by atoms with Crippen LogP contribution in [0.5, 0.6) is 0 Å². The number of hydrogen-bond donors (Lipinski definition) is 1. The van der Waals surface area contributed by atoms with Crippen LogP contribution in [0.25, 0.3) is 0 Å². The van der Waals surface area contributed by atoms with Crippen molar-refractivity contribution in [3.63, 3.8) is 0 Å². The predicted octanol–water partition coefficient (Wildman–Crippen LogP) is 2.20. The van der Waals surface area contributed by atoms with Gasteiger partial charge in [-0.15, -0.1) is 0 Å². The highest BCUT2D eigenvalue weighted by Crippen LogP contribution is 2.33. The lowest BCUT2D eigenvalue weighted by Crippen LogP contribution is -2.41. The van der Waals surface area contributed by atoms with Crippen LogP contribution >= 0.6 is 0 Å². The number of nitro groups is 1. The molecule has 116 valence electrons. The molecule has 1 aliphatic rings. The largest absolute Gasteiger partial charge is 0.385 e. The molecule has 0 heterocycles. The maximum atomic E-state index is 12.6. The Morgan fingerprint density at radius 1 is 1.43 bits per heavy atom. The summed E-state index contributed by atoms with van der Waals surface area (Å²) in [5.41, 5.74) is 0.173. The number of nitro benzene ring substituents is 1. The third-order valence-corrected chi connectivity index (χ3v) is 5.72. The van der Waals surface area contributed by atoms with Crippen molar-refractivity contribution >= 4 is 21.4 Å². The van der Waals surface area contributed by atoms with E-state index in [-0.39, 0.29) is 16.6 Å². The number of sulfonamides is 1. The third-order valence-electron chi connectivity index (χ3n) is 3.78. The Morgan fingerprint density at radius 3 is 2.57 bits per heavy atom. The molecule has 0 aromatic heterocycles. The predicted molar refractivity (Wildman–Crippen MR) is 79.8 cm³/mol. The Balaban J connectivity index is 2.48. The maximum Gasteiger partial charge on any atom is 0.289 e. The van der Waals surface area contributed by atoms with E-state index in [1.807, 2.05) is 6.92 Å². The molecule has 1 aromatic rings. The van der Waals surface area contributed by atoms with Gasteiger partial charge in [0.25, 0.3) is 5.69 Å². The second-order valence-corrected chi connectivity index (χ2v) is 7.04. The molecule has 2 rings (SSSR count). The zero-order valence-corrected chi connectivity index (χ0v) is 12.9. The van der Waals surface area contributed by atoms with E-state index in [0.29, 0.717) is 12.2 Å². The van der Waals surface area contributed by atoms with Gasteiger partial charge in [0.2, 0.25) is 10.0 Å². The summed E-state index contributed by atoms with van der Waals surface area (Å²) >= 11 is 0. The van der Waals surface area contributed by atoms with E-state index in [1.54, 1.807) is 0 Å². The van der Waals surface area contributed by atoms with Gasteiger partial charge in [-0.1, -0.05) is 6.42 Å². The molecule has 0 bridgehead atoms. The summed E-state index contributed by atoms with van der Waals surface area (Å²) < 4.78 is 26.5. The number of hydrogen-bond acceptors (Lipinski definition) is 5. The highest BCUT2D eigenvalue weighted by atomic mass is 32.2. The SMILES string of the molecule is CCNc1ccc([N+](=O)[O-])c(S(=O)(=O)N(C)C2CCC2)c1. The molecule has 1 aliphatic carbocycles. The second-order valence-electron chi connectivity index (χ2n) is 5.08. The highest BCUT2D eigenvalue weighted by Gasteiger charge is 2.36. The molecule has 7 nitrogen and oxygen atoms in total. The van der Waals surface area contributed by atoms with Crippen molar-refractivity contribution in [2.24, 2.45) is 0 Å². The number of nitrogens with zero attached hydrogens (tertiary/aromatic N) is 2. The fourth-order valence-electron chi connectivity index (χ4n) is 2.29. The summed E-state index contributed by atoms with van der Waals surface area (Å²) in [5.74, 6) is 0. The number of benzene rings is 1. The van der Waals surface area contributed by atoms with E-state index in [9.17, 15) is 18.5 Å². The normalized spacial score (nSPS) is 15.8. The van der Waals surface area contributed by atoms with Crippen molar-refractivity contribution in [3.05, 3.63) is 28.3 Å². The first-order valence-electron chi connectivity index (χ1n) is 6.88. The Kier molecular flexibility index (Phi) is 4.48. The van der Waals surface area contributed by atoms with Crippen molar-refractivity contribution in [1.82, 2.24) is 4.31 Å². The second kappa shape index (κ2) is 5.98. The van der Waals surface area contributed by atoms with E-state index < -0.39 is 14.9 Å². The smallest absolute Gasteiger partial charge is 0.289 e. The molecular weight excluding hydrogens is 294 g/mol. The molecular formula is C13H19N3O4S. The molecule has 0 unspecified atom stereocenters. The van der Waals surface area contributed by atoms with Gasteiger partial charge in [0.15, 0.2) is 4.90 Å². The first-order chi connectivity index (χ1) is 9.87. The van der Waals surface area contributed by atoms with Crippen LogP contribution in [0.15, 0.2) is 23.1 Å². The van der Waals surface area contributed by atoms with Crippen LogP contribution in [-0.4, -0.2) is 37.3 Å². The van der Waals surface area contributed by atoms with Crippen molar-refractivity contribution < 1.29 is 13.3 Å². The average Bonchev–Trinajstić information content (AvgIpc) is 2.36. The van der Waals surface area contributed by atoms with Crippen LogP contribution < -0.4 is 5.32 Å². The van der Waals surface area contributed by atoms with Crippen molar-refractivity contribution in [3.8, 4) is 0 Å². The summed E-state index contributed by atoms with van der Waals surface area (Å²) in [6, 6.07) is 4.03. The van der Waals surface area contributed by atoms with Gasteiger partial charge >= 0.3 is 0 Å². The Morgan fingerprint density at radius 2 is 2.10 bits per heavy atom. The minimum Gasteiger partial charge on any atom is -0.385 e. The van der Waals surface area contributed by atoms with Crippen LogP contribution in [0.4, 0.5) is 11.4 Å². The van der Waals surface area contributed by atoms with E-state index in [0.717, 1.165) is 19.3 Å². The monoisotopic (exact) mass is 313 g/mol. The van der Waals surface area contributed by atoms with Gasteiger partial charge in [-0.2, -0.15) is 4.31 Å². The van der Waals surface area contributed by atoms with Crippen LogP contribution in [0.3, 0.4) is 0 Å². The van der Waals surface area contributed by atoms with E-state index in [2.05, 4.69) is 5.32 Å². The molecule has 1 N–H and O–H groups in total. The van der Waals surface area contributed by atoms with Crippen LogP contribution in [0.1, 0.15) is 26.2 Å². The molecule has 0 atom stereocenters. The van der Waals surface area contributed by atoms with Gasteiger partial charge in [0, 0.05) is 31.4 Å². The number of nitrogens with one attached hydrogen (secondary N) is 1. The molecule has 1 saturated carbocycles. The van der Waals surface area contributed by atoms with Gasteiger partial charge in [-0.3, -0.25) is 10.1 Å².